The third-order valence-electron chi connectivity index (χ3n) is 6.57. The van der Waals surface area contributed by atoms with Gasteiger partial charge in [0.15, 0.2) is 10.8 Å². The number of nitriles is 1. The Kier molecular flexibility index (Phi) is 6.80. The van der Waals surface area contributed by atoms with Crippen LogP contribution in [-0.4, -0.2) is 25.2 Å². The second kappa shape index (κ2) is 10.3. The fourth-order valence-electron chi connectivity index (χ4n) is 4.67. The molecule has 0 aliphatic heterocycles. The summed E-state index contributed by atoms with van der Waals surface area (Å²) < 4.78 is 3.80. The number of halogens is 1. The number of hydrogen-bond acceptors (Lipinski definition) is 3. The first-order valence-electron chi connectivity index (χ1n) is 12.2. The van der Waals surface area contributed by atoms with Crippen molar-refractivity contribution in [3.05, 3.63) is 107 Å². The highest BCUT2D eigenvalue weighted by molar-refractivity contribution is 6.32. The molecule has 5 rings (SSSR count). The van der Waals surface area contributed by atoms with E-state index in [-0.39, 0.29) is 10.8 Å². The minimum atomic E-state index is -1.09. The molecule has 184 valence electrons. The van der Waals surface area contributed by atoms with Gasteiger partial charge in [-0.3, -0.25) is 0 Å². The van der Waals surface area contributed by atoms with Crippen LogP contribution in [0.2, 0.25) is 5.15 Å². The number of carboxylic acid groups (broad SMARTS) is 1. The number of nitrogens with zero attached hydrogens (tertiary/aromatic N) is 4. The van der Waals surface area contributed by atoms with Crippen molar-refractivity contribution in [1.29, 1.82) is 5.26 Å². The van der Waals surface area contributed by atoms with Crippen LogP contribution in [0.3, 0.4) is 0 Å². The van der Waals surface area contributed by atoms with Crippen LogP contribution in [0.15, 0.2) is 79.0 Å². The van der Waals surface area contributed by atoms with E-state index in [9.17, 15) is 15.2 Å². The Morgan fingerprint density at radius 2 is 1.86 bits per heavy atom. The van der Waals surface area contributed by atoms with E-state index in [1.807, 2.05) is 60.8 Å². The average molecular weight is 509 g/mol. The van der Waals surface area contributed by atoms with Crippen LogP contribution in [0.25, 0.3) is 27.7 Å². The quantitative estimate of drug-likeness (QED) is 0.242. The third-order valence-corrected chi connectivity index (χ3v) is 6.83. The topological polar surface area (TPSA) is 83.8 Å². The molecule has 0 unspecified atom stereocenters. The van der Waals surface area contributed by atoms with Crippen molar-refractivity contribution in [1.82, 2.24) is 14.1 Å². The molecule has 2 heterocycles. The molecular formula is C30H25ClN4O2. The van der Waals surface area contributed by atoms with Gasteiger partial charge in [-0.1, -0.05) is 67.4 Å². The lowest BCUT2D eigenvalue weighted by atomic mass is 9.98. The van der Waals surface area contributed by atoms with E-state index in [0.717, 1.165) is 46.1 Å². The number of imidazole rings is 1. The van der Waals surface area contributed by atoms with Crippen LogP contribution in [0.4, 0.5) is 0 Å². The highest BCUT2D eigenvalue weighted by atomic mass is 35.5. The van der Waals surface area contributed by atoms with Crippen LogP contribution in [-0.2, 0) is 13.0 Å². The van der Waals surface area contributed by atoms with Gasteiger partial charge in [0.05, 0.1) is 17.1 Å². The van der Waals surface area contributed by atoms with Gasteiger partial charge in [0.25, 0.3) is 0 Å². The first-order chi connectivity index (χ1) is 18.0. The molecular weight excluding hydrogens is 484 g/mol. The number of carbonyl (C=O) groups is 1. The maximum absolute atomic E-state index is 11.9. The van der Waals surface area contributed by atoms with Crippen LogP contribution in [0, 0.1) is 11.3 Å². The predicted octanol–water partition coefficient (Wildman–Crippen LogP) is 7.11. The van der Waals surface area contributed by atoms with Gasteiger partial charge in [-0.2, -0.15) is 5.26 Å². The van der Waals surface area contributed by atoms with E-state index in [1.54, 1.807) is 4.57 Å². The maximum atomic E-state index is 11.9. The van der Waals surface area contributed by atoms with Crippen molar-refractivity contribution in [2.24, 2.45) is 0 Å². The van der Waals surface area contributed by atoms with Gasteiger partial charge in [0.1, 0.15) is 5.82 Å². The molecule has 3 aromatic carbocycles. The number of hydrogen-bond donors (Lipinski definition) is 1. The first kappa shape index (κ1) is 24.4. The molecule has 0 saturated heterocycles. The summed E-state index contributed by atoms with van der Waals surface area (Å²) in [5.41, 5.74) is 5.33. The van der Waals surface area contributed by atoms with Gasteiger partial charge < -0.3 is 14.2 Å². The number of aryl methyl sites for hydroxylation is 1. The highest BCUT2D eigenvalue weighted by Crippen LogP contribution is 2.29. The van der Waals surface area contributed by atoms with Gasteiger partial charge in [-0.05, 0) is 53.3 Å². The summed E-state index contributed by atoms with van der Waals surface area (Å²) in [6.45, 7) is 2.43. The molecule has 6 nitrogen and oxygen atoms in total. The van der Waals surface area contributed by atoms with Crippen molar-refractivity contribution in [3.63, 3.8) is 0 Å². The molecule has 0 saturated carbocycles. The minimum absolute atomic E-state index is 0.00950. The standard InChI is InChI=1S/C30H25ClN4O2/c1-2-3-8-27-33-29(31)28(30(36)37)35(27)19-20-9-11-21(12-10-20)25-17-24(14-13-23(25)18-32)34-16-15-22-6-4-5-7-26(22)34/h4-7,9-17H,2-3,8,19H2,1H3,(H,36,37). The normalized spacial score (nSPS) is 11.1. The predicted molar refractivity (Wildman–Crippen MR) is 145 cm³/mol. The molecule has 0 spiro atoms. The largest absolute Gasteiger partial charge is 0.476 e. The second-order valence-corrected chi connectivity index (χ2v) is 9.30. The van der Waals surface area contributed by atoms with Crippen molar-refractivity contribution in [3.8, 4) is 22.9 Å². The molecule has 0 fully saturated rings. The van der Waals surface area contributed by atoms with E-state index >= 15 is 0 Å². The number of para-hydroxylation sites is 1. The Labute approximate surface area is 220 Å². The summed E-state index contributed by atoms with van der Waals surface area (Å²) in [4.78, 5) is 16.2. The number of aromatic carboxylic acids is 1. The number of benzene rings is 3. The van der Waals surface area contributed by atoms with Gasteiger partial charge in [0.2, 0.25) is 0 Å². The number of aromatic nitrogens is 3. The highest BCUT2D eigenvalue weighted by Gasteiger charge is 2.21. The Bertz CT molecular complexity index is 1640. The van der Waals surface area contributed by atoms with E-state index in [2.05, 4.69) is 40.7 Å². The second-order valence-electron chi connectivity index (χ2n) is 8.95. The number of rotatable bonds is 8. The molecule has 0 bridgehead atoms. The molecule has 7 heteroatoms. The van der Waals surface area contributed by atoms with Gasteiger partial charge in [-0.25, -0.2) is 9.78 Å². The molecule has 2 aromatic heterocycles. The summed E-state index contributed by atoms with van der Waals surface area (Å²) in [6.07, 6.45) is 4.56. The Balaban J connectivity index is 1.49. The van der Waals surface area contributed by atoms with E-state index in [4.69, 9.17) is 11.6 Å². The molecule has 1 N–H and O–H groups in total. The van der Waals surface area contributed by atoms with Gasteiger partial charge in [0, 0.05) is 30.4 Å². The molecule has 0 aliphatic rings. The Morgan fingerprint density at radius 3 is 2.59 bits per heavy atom. The average Bonchev–Trinajstić information content (AvgIpc) is 3.48. The van der Waals surface area contributed by atoms with Crippen molar-refractivity contribution in [2.45, 2.75) is 32.7 Å². The lowest BCUT2D eigenvalue weighted by molar-refractivity contribution is 0.0685. The maximum Gasteiger partial charge on any atom is 0.355 e. The SMILES string of the molecule is CCCCc1nc(Cl)c(C(=O)O)n1Cc1ccc(-c2cc(-n3ccc4ccccc43)ccc2C#N)cc1. The fourth-order valence-corrected chi connectivity index (χ4v) is 4.95. The Hall–Kier alpha value is -4.34. The van der Waals surface area contributed by atoms with E-state index in [1.165, 1.54) is 0 Å². The lowest BCUT2D eigenvalue weighted by Crippen LogP contribution is -2.13. The van der Waals surface area contributed by atoms with E-state index in [0.29, 0.717) is 24.4 Å². The Morgan fingerprint density at radius 1 is 1.08 bits per heavy atom. The molecule has 0 amide bonds. The summed E-state index contributed by atoms with van der Waals surface area (Å²) in [5.74, 6) is -0.420. The van der Waals surface area contributed by atoms with Crippen LogP contribution < -0.4 is 0 Å². The van der Waals surface area contributed by atoms with Crippen LogP contribution in [0.5, 0.6) is 0 Å². The zero-order chi connectivity index (χ0) is 25.9. The van der Waals surface area contributed by atoms with Gasteiger partial charge >= 0.3 is 5.97 Å². The fraction of sp³-hybridized carbons (Fsp3) is 0.167. The van der Waals surface area contributed by atoms with Crippen LogP contribution in [0.1, 0.15) is 47.2 Å². The molecule has 37 heavy (non-hydrogen) atoms. The first-order valence-corrected chi connectivity index (χ1v) is 12.6. The molecule has 5 aromatic rings. The summed E-state index contributed by atoms with van der Waals surface area (Å²) in [5, 5.41) is 20.6. The molecule has 0 atom stereocenters. The van der Waals surface area contributed by atoms with E-state index < -0.39 is 5.97 Å². The molecule has 0 radical (unpaired) electrons. The zero-order valence-electron chi connectivity index (χ0n) is 20.4. The van der Waals surface area contributed by atoms with Gasteiger partial charge in [-0.15, -0.1) is 0 Å². The number of fused-ring (bicyclic) bond motifs is 1. The number of unbranched alkanes of at least 4 members (excludes halogenated alkanes) is 1. The van der Waals surface area contributed by atoms with Crippen LogP contribution >= 0.6 is 11.6 Å². The monoisotopic (exact) mass is 508 g/mol. The lowest BCUT2D eigenvalue weighted by Gasteiger charge is -2.13. The summed E-state index contributed by atoms with van der Waals surface area (Å²) in [7, 11) is 0. The zero-order valence-corrected chi connectivity index (χ0v) is 21.1. The molecule has 0 aliphatic carbocycles. The third kappa shape index (κ3) is 4.74. The smallest absolute Gasteiger partial charge is 0.355 e. The van der Waals surface area contributed by atoms with Crippen molar-refractivity contribution in [2.75, 3.05) is 0 Å². The summed E-state index contributed by atoms with van der Waals surface area (Å²) >= 11 is 6.18. The van der Waals surface area contributed by atoms with Crippen molar-refractivity contribution < 1.29 is 9.90 Å². The summed E-state index contributed by atoms with van der Waals surface area (Å²) in [6, 6.07) is 26.2. The number of carboxylic acids is 1. The minimum Gasteiger partial charge on any atom is -0.476 e. The van der Waals surface area contributed by atoms with Crippen molar-refractivity contribution >= 4 is 28.5 Å².